The normalized spacial score (nSPS) is 11.0. The Morgan fingerprint density at radius 1 is 1.30 bits per heavy atom. The molecule has 0 bridgehead atoms. The van der Waals surface area contributed by atoms with Crippen LogP contribution in [-0.2, 0) is 0 Å². The van der Waals surface area contributed by atoms with Gasteiger partial charge in [0.1, 0.15) is 0 Å². The molecule has 0 unspecified atom stereocenters. The van der Waals surface area contributed by atoms with Crippen LogP contribution in [-0.4, -0.2) is 12.0 Å². The Labute approximate surface area is 69.1 Å². The van der Waals surface area contributed by atoms with Crippen molar-refractivity contribution in [2.75, 3.05) is 12.0 Å². The third kappa shape index (κ3) is 8.09. The lowest BCUT2D eigenvalue weighted by molar-refractivity contribution is 0.863. The van der Waals surface area contributed by atoms with Crippen LogP contribution < -0.4 is 0 Å². The van der Waals surface area contributed by atoms with Gasteiger partial charge in [-0.1, -0.05) is 25.5 Å². The number of unbranched alkanes of at least 4 members (excludes halogenated alkanes) is 2. The largest absolute Gasteiger partial charge is 0.165 e. The number of hydrogen-bond acceptors (Lipinski definition) is 1. The van der Waals surface area contributed by atoms with E-state index in [1.54, 1.807) is 0 Å². The summed E-state index contributed by atoms with van der Waals surface area (Å²) in [6.07, 6.45) is 11.4. The fourth-order valence-corrected chi connectivity index (χ4v) is 1.06. The molecule has 0 aliphatic rings. The van der Waals surface area contributed by atoms with Gasteiger partial charge in [0.2, 0.25) is 0 Å². The summed E-state index contributed by atoms with van der Waals surface area (Å²) < 4.78 is 0. The highest BCUT2D eigenvalue weighted by Gasteiger charge is 1.79. The first-order valence-corrected chi connectivity index (χ1v) is 5.24. The van der Waals surface area contributed by atoms with Crippen molar-refractivity contribution in [1.29, 1.82) is 0 Å². The summed E-state index contributed by atoms with van der Waals surface area (Å²) >= 11 is 1.90. The van der Waals surface area contributed by atoms with Gasteiger partial charge in [-0.25, -0.2) is 0 Å². The van der Waals surface area contributed by atoms with Gasteiger partial charge >= 0.3 is 0 Å². The van der Waals surface area contributed by atoms with Gasteiger partial charge in [0, 0.05) is 0 Å². The van der Waals surface area contributed by atoms with Gasteiger partial charge in [-0.3, -0.25) is 0 Å². The van der Waals surface area contributed by atoms with Gasteiger partial charge in [0.15, 0.2) is 0 Å². The lowest BCUT2D eigenvalue weighted by Gasteiger charge is -1.89. The van der Waals surface area contributed by atoms with Crippen LogP contribution in [0.5, 0.6) is 0 Å². The van der Waals surface area contributed by atoms with E-state index in [0.29, 0.717) is 0 Å². The minimum absolute atomic E-state index is 1.06. The van der Waals surface area contributed by atoms with E-state index in [1.807, 2.05) is 11.8 Å². The third-order valence-electron chi connectivity index (χ3n) is 1.28. The molecule has 0 amide bonds. The summed E-state index contributed by atoms with van der Waals surface area (Å²) in [5.74, 6) is 1.25. The number of thioether (sulfide) groups is 1. The number of allylic oxidation sites excluding steroid dienone is 2. The average Bonchev–Trinajstić information content (AvgIpc) is 1.97. The summed E-state index contributed by atoms with van der Waals surface area (Å²) in [5.41, 5.74) is 0. The van der Waals surface area contributed by atoms with Crippen molar-refractivity contribution in [2.24, 2.45) is 0 Å². The monoisotopic (exact) mass is 157 g/mol. The van der Waals surface area contributed by atoms with Crippen molar-refractivity contribution in [3.8, 4) is 0 Å². The lowest BCUT2D eigenvalue weighted by atomic mass is 10.2. The fourth-order valence-electron chi connectivity index (χ4n) is 0.684. The van der Waals surface area contributed by atoms with Crippen LogP contribution in [0.25, 0.3) is 0 Å². The number of hydrogen-bond donors (Lipinski definition) is 0. The molecule has 0 heterocycles. The molecule has 0 atom stereocenters. The van der Waals surface area contributed by atoms with Crippen LogP contribution in [0.4, 0.5) is 0 Å². The summed E-state index contributed by atoms with van der Waals surface area (Å²) in [6, 6.07) is 0. The van der Waals surface area contributed by atoms with Crippen LogP contribution in [0, 0.1) is 6.92 Å². The topological polar surface area (TPSA) is 0 Å². The first-order valence-electron chi connectivity index (χ1n) is 3.85. The maximum absolute atomic E-state index is 3.78. The molecule has 0 fully saturated rings. The maximum atomic E-state index is 3.78. The van der Waals surface area contributed by atoms with Crippen molar-refractivity contribution in [3.63, 3.8) is 0 Å². The molecule has 0 aliphatic heterocycles. The van der Waals surface area contributed by atoms with E-state index in [4.69, 9.17) is 0 Å². The van der Waals surface area contributed by atoms with Crippen LogP contribution in [0.3, 0.4) is 0 Å². The zero-order valence-electron chi connectivity index (χ0n) is 6.81. The smallest absolute Gasteiger partial charge is 0.00357 e. The van der Waals surface area contributed by atoms with E-state index in [2.05, 4.69) is 25.3 Å². The Hall–Kier alpha value is 0.0900. The maximum Gasteiger partial charge on any atom is -0.00357 e. The summed E-state index contributed by atoms with van der Waals surface area (Å²) in [4.78, 5) is 0. The van der Waals surface area contributed by atoms with Gasteiger partial charge < -0.3 is 0 Å². The van der Waals surface area contributed by atoms with E-state index < -0.39 is 0 Å². The fraction of sp³-hybridized carbons (Fsp3) is 0.667. The minimum atomic E-state index is 1.06. The zero-order chi connectivity index (χ0) is 7.66. The van der Waals surface area contributed by atoms with E-state index in [1.165, 1.54) is 25.0 Å². The predicted molar refractivity (Wildman–Crippen MR) is 51.3 cm³/mol. The van der Waals surface area contributed by atoms with Gasteiger partial charge in [-0.05, 0) is 31.3 Å². The Morgan fingerprint density at radius 2 is 2.00 bits per heavy atom. The molecule has 0 rings (SSSR count). The van der Waals surface area contributed by atoms with Gasteiger partial charge in [0.25, 0.3) is 0 Å². The molecule has 1 heteroatoms. The second kappa shape index (κ2) is 9.09. The third-order valence-corrected chi connectivity index (χ3v) is 1.92. The van der Waals surface area contributed by atoms with E-state index in [-0.39, 0.29) is 0 Å². The second-order valence-corrected chi connectivity index (χ2v) is 3.23. The average molecular weight is 157 g/mol. The van der Waals surface area contributed by atoms with Gasteiger partial charge in [-0.15, -0.1) is 0 Å². The van der Waals surface area contributed by atoms with Crippen LogP contribution in [0.2, 0.25) is 0 Å². The molecule has 0 aromatic heterocycles. The quantitative estimate of drug-likeness (QED) is 0.421. The molecule has 0 aromatic carbocycles. The minimum Gasteiger partial charge on any atom is -0.165 e. The van der Waals surface area contributed by atoms with E-state index >= 15 is 0 Å². The Kier molecular flexibility index (Phi) is 9.17. The highest BCUT2D eigenvalue weighted by atomic mass is 32.2. The Morgan fingerprint density at radius 3 is 2.60 bits per heavy atom. The Balaban J connectivity index is 2.89. The van der Waals surface area contributed by atoms with Crippen molar-refractivity contribution in [1.82, 2.24) is 0 Å². The molecule has 0 saturated carbocycles. The molecular weight excluding hydrogens is 140 g/mol. The molecular formula is C9H17S. The molecule has 0 aromatic rings. The highest BCUT2D eigenvalue weighted by Crippen LogP contribution is 1.99. The summed E-state index contributed by atoms with van der Waals surface area (Å²) in [6.45, 7) is 3.78. The summed E-state index contributed by atoms with van der Waals surface area (Å²) in [5, 5.41) is 0. The van der Waals surface area contributed by atoms with Crippen LogP contribution in [0.15, 0.2) is 12.2 Å². The first kappa shape index (κ1) is 10.1. The van der Waals surface area contributed by atoms with Crippen molar-refractivity contribution >= 4 is 11.8 Å². The first-order chi connectivity index (χ1) is 4.91. The summed E-state index contributed by atoms with van der Waals surface area (Å²) in [7, 11) is 0. The van der Waals surface area contributed by atoms with Crippen molar-refractivity contribution < 1.29 is 0 Å². The lowest BCUT2D eigenvalue weighted by Crippen LogP contribution is -1.72. The highest BCUT2D eigenvalue weighted by molar-refractivity contribution is 7.98. The van der Waals surface area contributed by atoms with E-state index in [9.17, 15) is 0 Å². The molecule has 0 aliphatic carbocycles. The van der Waals surface area contributed by atoms with Crippen molar-refractivity contribution in [2.45, 2.75) is 25.7 Å². The molecule has 1 radical (unpaired) electrons. The number of rotatable bonds is 6. The molecule has 0 spiro atoms. The van der Waals surface area contributed by atoms with Crippen LogP contribution in [0.1, 0.15) is 25.7 Å². The van der Waals surface area contributed by atoms with Crippen LogP contribution >= 0.6 is 11.8 Å². The van der Waals surface area contributed by atoms with E-state index in [0.717, 1.165) is 6.42 Å². The van der Waals surface area contributed by atoms with Crippen molar-refractivity contribution in [3.05, 3.63) is 19.1 Å². The molecule has 0 saturated heterocycles. The second-order valence-electron chi connectivity index (χ2n) is 2.25. The van der Waals surface area contributed by atoms with Gasteiger partial charge in [0.05, 0.1) is 0 Å². The SMILES string of the molecule is [CH2]CCCC=CCCSC. The van der Waals surface area contributed by atoms with Gasteiger partial charge in [-0.2, -0.15) is 11.8 Å². The molecule has 10 heavy (non-hydrogen) atoms. The predicted octanol–water partition coefficient (Wildman–Crippen LogP) is 3.30. The Bertz CT molecular complexity index is 66.8. The zero-order valence-corrected chi connectivity index (χ0v) is 7.62. The molecule has 0 N–H and O–H groups in total. The standard InChI is InChI=1S/C9H17S/c1-3-4-5-6-7-8-9-10-2/h6-7H,1,3-5,8-9H2,2H3. The molecule has 0 nitrogen and oxygen atoms in total. The molecule has 59 valence electrons.